The van der Waals surface area contributed by atoms with E-state index in [1.165, 1.54) is 12.8 Å². The van der Waals surface area contributed by atoms with Gasteiger partial charge in [-0.1, -0.05) is 19.8 Å². The molecule has 0 fully saturated rings. The fraction of sp³-hybridized carbons (Fsp3) is 0.667. The molecule has 1 N–H and O–H groups in total. The Hall–Kier alpha value is 1.06. The Morgan fingerprint density at radius 3 is 1.75 bits per heavy atom. The van der Waals surface area contributed by atoms with Gasteiger partial charge in [0.25, 0.3) is 0 Å². The minimum absolute atomic E-state index is 0. The second-order valence-electron chi connectivity index (χ2n) is 1.21. The van der Waals surface area contributed by atoms with E-state index >= 15 is 0 Å². The van der Waals surface area contributed by atoms with E-state index in [4.69, 9.17) is 5.11 Å². The van der Waals surface area contributed by atoms with Gasteiger partial charge in [0.05, 0.1) is 0 Å². The van der Waals surface area contributed by atoms with Crippen molar-refractivity contribution in [3.05, 3.63) is 14.0 Å². The van der Waals surface area contributed by atoms with Crippen molar-refractivity contribution in [1.29, 1.82) is 0 Å². The van der Waals surface area contributed by atoms with Crippen molar-refractivity contribution in [2.45, 2.75) is 26.2 Å². The van der Waals surface area contributed by atoms with Crippen LogP contribution in [0.25, 0.3) is 0 Å². The van der Waals surface area contributed by atoms with Gasteiger partial charge in [-0.25, -0.2) is 7.11 Å². The van der Waals surface area contributed by atoms with Crippen LogP contribution in [-0.2, 0) is 32.7 Å². The molecule has 0 aliphatic rings. The van der Waals surface area contributed by atoms with Gasteiger partial charge in [-0.05, 0) is 0 Å². The Kier molecular flexibility index (Phi) is 48.8. The smallest absolute Gasteiger partial charge is 0.569 e. The Labute approximate surface area is 77.7 Å². The summed E-state index contributed by atoms with van der Waals surface area (Å²) >= 11 is 0. The van der Waals surface area contributed by atoms with Gasteiger partial charge in [0, 0.05) is 0 Å². The predicted molar refractivity (Wildman–Crippen MR) is 32.2 cm³/mol. The summed E-state index contributed by atoms with van der Waals surface area (Å²) in [6, 6.07) is 0. The van der Waals surface area contributed by atoms with Crippen molar-refractivity contribution < 1.29 is 37.8 Å². The van der Waals surface area contributed by atoms with Crippen LogP contribution >= 0.6 is 0 Å². The number of aliphatic hydroxyl groups is 1. The number of hydrogen-bond acceptors (Lipinski definition) is 1. The first-order valence-corrected chi connectivity index (χ1v) is 2.52. The maximum atomic E-state index is 6.75. The minimum Gasteiger partial charge on any atom is -0.569 e. The van der Waals surface area contributed by atoms with Gasteiger partial charge in [-0.15, -0.1) is 0 Å². The van der Waals surface area contributed by atoms with E-state index in [1.807, 2.05) is 0 Å². The summed E-state index contributed by atoms with van der Waals surface area (Å²) in [4.78, 5) is 0. The summed E-state index contributed by atoms with van der Waals surface area (Å²) in [6.07, 6.45) is 3.65. The summed E-state index contributed by atoms with van der Waals surface area (Å²) in [7, 11) is 2.25. The van der Waals surface area contributed by atoms with Crippen molar-refractivity contribution in [2.24, 2.45) is 0 Å². The summed E-state index contributed by atoms with van der Waals surface area (Å²) in [5, 5.41) is 6.75. The van der Waals surface area contributed by atoms with Gasteiger partial charge in [0.2, 0.25) is 0 Å². The van der Waals surface area contributed by atoms with Crippen LogP contribution in [0.1, 0.15) is 26.2 Å². The van der Waals surface area contributed by atoms with Crippen molar-refractivity contribution in [3.8, 4) is 0 Å². The summed E-state index contributed by atoms with van der Waals surface area (Å²) in [6.45, 7) is 5.85. The fourth-order valence-electron chi connectivity index (χ4n) is 0.250. The topological polar surface area (TPSA) is 20.2 Å². The average Bonchev–Trinajstić information content (AvgIpc) is 1.75. The van der Waals surface area contributed by atoms with Crippen LogP contribution in [0.15, 0.2) is 0 Å². The Bertz CT molecular complexity index is 16.0. The molecular formula is C6H14OY+. The number of unbranched alkanes of at least 4 members (excludes halogenated alkanes) is 2. The van der Waals surface area contributed by atoms with Gasteiger partial charge in [0.1, 0.15) is 0 Å². The molecule has 2 heteroatoms. The van der Waals surface area contributed by atoms with Gasteiger partial charge in [-0.2, -0.15) is 6.42 Å². The molecule has 46 valence electrons. The van der Waals surface area contributed by atoms with Crippen LogP contribution in [0.2, 0.25) is 0 Å². The first-order chi connectivity index (χ1) is 3.41. The minimum atomic E-state index is 0. The quantitative estimate of drug-likeness (QED) is 0.663. The molecule has 0 bridgehead atoms. The van der Waals surface area contributed by atoms with E-state index in [-0.39, 0.29) is 32.7 Å². The van der Waals surface area contributed by atoms with Crippen molar-refractivity contribution in [1.82, 2.24) is 0 Å². The second-order valence-corrected chi connectivity index (χ2v) is 1.21. The molecule has 8 heavy (non-hydrogen) atoms. The van der Waals surface area contributed by atoms with Crippen LogP contribution < -0.4 is 0 Å². The number of hydrogen-bond donors (Lipinski definition) is 1. The summed E-state index contributed by atoms with van der Waals surface area (Å²) < 4.78 is 0. The number of aliphatic hydroxyl groups excluding tert-OH is 1. The molecule has 1 nitrogen and oxygen atoms in total. The molecule has 0 unspecified atom stereocenters. The normalized spacial score (nSPS) is 6.00. The maximum Gasteiger partial charge on any atom is 3.00 e. The van der Waals surface area contributed by atoms with E-state index in [0.717, 1.165) is 6.42 Å². The molecule has 0 saturated carbocycles. The zero-order valence-electron chi connectivity index (χ0n) is 5.56. The third-order valence-electron chi connectivity index (χ3n) is 0.604. The maximum absolute atomic E-state index is 6.75. The fourth-order valence-corrected chi connectivity index (χ4v) is 0.250. The average molecular weight is 191 g/mol. The van der Waals surface area contributed by atoms with Crippen molar-refractivity contribution >= 4 is 0 Å². The first-order valence-electron chi connectivity index (χ1n) is 2.52. The molecule has 0 aromatic heterocycles. The van der Waals surface area contributed by atoms with Crippen LogP contribution in [-0.4, -0.2) is 5.11 Å². The molecule has 0 amide bonds. The largest absolute Gasteiger partial charge is 3.00 e. The molecule has 0 aromatic carbocycles. The van der Waals surface area contributed by atoms with Crippen molar-refractivity contribution in [3.63, 3.8) is 0 Å². The third kappa shape index (κ3) is 27.7. The molecule has 0 saturated heterocycles. The van der Waals surface area contributed by atoms with Crippen LogP contribution in [0.3, 0.4) is 0 Å². The molecule has 0 aromatic rings. The number of rotatable bonds is 2. The van der Waals surface area contributed by atoms with E-state index in [1.54, 1.807) is 0 Å². The first kappa shape index (κ1) is 16.0. The zero-order valence-corrected chi connectivity index (χ0v) is 8.40. The van der Waals surface area contributed by atoms with Gasteiger partial charge in [0.15, 0.2) is 0 Å². The summed E-state index contributed by atoms with van der Waals surface area (Å²) in [5.74, 6) is 0. The van der Waals surface area contributed by atoms with E-state index < -0.39 is 0 Å². The van der Waals surface area contributed by atoms with Gasteiger partial charge < -0.3 is 12.0 Å². The summed E-state index contributed by atoms with van der Waals surface area (Å²) in [5.41, 5.74) is 0. The molecule has 0 aliphatic heterocycles. The second kappa shape index (κ2) is 24.4. The SMILES string of the molecule is [CH2-]CCCC.[CH2-]O.[Y+3]. The van der Waals surface area contributed by atoms with E-state index in [2.05, 4.69) is 21.0 Å². The molecule has 0 radical (unpaired) electrons. The van der Waals surface area contributed by atoms with Gasteiger partial charge in [-0.3, -0.25) is 0 Å². The Morgan fingerprint density at radius 1 is 1.38 bits per heavy atom. The Balaban J connectivity index is -0.0000000750. The standard InChI is InChI=1S/C5H11.CH3O.Y/c1-3-5-4-2;1-2;/h1,3-5H2,2H3;2H,1H2;/q2*-1;+3. The Morgan fingerprint density at radius 2 is 1.75 bits per heavy atom. The van der Waals surface area contributed by atoms with E-state index in [9.17, 15) is 0 Å². The molecule has 0 heterocycles. The van der Waals surface area contributed by atoms with E-state index in [0.29, 0.717) is 0 Å². The third-order valence-corrected chi connectivity index (χ3v) is 0.604. The van der Waals surface area contributed by atoms with Gasteiger partial charge >= 0.3 is 32.7 Å². The van der Waals surface area contributed by atoms with Crippen molar-refractivity contribution in [2.75, 3.05) is 0 Å². The van der Waals surface area contributed by atoms with Crippen LogP contribution in [0, 0.1) is 14.0 Å². The monoisotopic (exact) mass is 191 g/mol. The molecule has 0 aliphatic carbocycles. The van der Waals surface area contributed by atoms with Crippen LogP contribution in [0.5, 0.6) is 0 Å². The zero-order chi connectivity index (χ0) is 6.12. The molecular weight excluding hydrogens is 177 g/mol. The molecule has 0 spiro atoms. The van der Waals surface area contributed by atoms with Crippen LogP contribution in [0.4, 0.5) is 0 Å². The predicted octanol–water partition coefficient (Wildman–Crippen LogP) is 2.16. The molecule has 0 rings (SSSR count). The molecule has 0 atom stereocenters.